The van der Waals surface area contributed by atoms with E-state index in [1.165, 1.54) is 6.20 Å². The third-order valence-electron chi connectivity index (χ3n) is 5.41. The lowest BCUT2D eigenvalue weighted by Crippen LogP contribution is -2.44. The predicted octanol–water partition coefficient (Wildman–Crippen LogP) is 3.93. The van der Waals surface area contributed by atoms with Crippen molar-refractivity contribution in [2.24, 2.45) is 15.2 Å². The number of ether oxygens (including phenoxy) is 4. The van der Waals surface area contributed by atoms with E-state index in [0.717, 1.165) is 28.4 Å². The second-order valence-corrected chi connectivity index (χ2v) is 7.77. The van der Waals surface area contributed by atoms with Crippen molar-refractivity contribution in [2.45, 2.75) is 58.5 Å². The summed E-state index contributed by atoms with van der Waals surface area (Å²) in [5.41, 5.74) is 2.76. The summed E-state index contributed by atoms with van der Waals surface area (Å²) in [5, 5.41) is 2.83. The molecule has 3 unspecified atom stereocenters. The molecule has 0 N–H and O–H groups in total. The van der Waals surface area contributed by atoms with Crippen molar-refractivity contribution in [1.82, 2.24) is 4.90 Å². The van der Waals surface area contributed by atoms with Crippen molar-refractivity contribution in [1.29, 1.82) is 0 Å². The van der Waals surface area contributed by atoms with E-state index in [1.807, 2.05) is 56.9 Å². The van der Waals surface area contributed by atoms with Crippen LogP contribution < -0.4 is 4.74 Å². The van der Waals surface area contributed by atoms with E-state index in [4.69, 9.17) is 18.9 Å². The quantitative estimate of drug-likeness (QED) is 0.597. The maximum Gasteiger partial charge on any atom is 0.185 e. The Morgan fingerprint density at radius 3 is 2.56 bits per heavy atom. The summed E-state index contributed by atoms with van der Waals surface area (Å²) in [6, 6.07) is 7.63. The average Bonchev–Trinajstić information content (AvgIpc) is 3.47. The highest BCUT2D eigenvalue weighted by molar-refractivity contribution is 6.09. The summed E-state index contributed by atoms with van der Waals surface area (Å²) < 4.78 is 24.3. The fourth-order valence-corrected chi connectivity index (χ4v) is 4.03. The molecule has 3 aliphatic rings. The Hall–Kier alpha value is -2.88. The summed E-state index contributed by atoms with van der Waals surface area (Å²) in [7, 11) is 0. The maximum atomic E-state index is 10.7. The van der Waals surface area contributed by atoms with E-state index in [0.29, 0.717) is 13.2 Å². The number of nitrogens with zero attached hydrogens (tertiary/aromatic N) is 4. The van der Waals surface area contributed by atoms with Crippen LogP contribution in [-0.2, 0) is 14.2 Å². The van der Waals surface area contributed by atoms with Crippen molar-refractivity contribution in [3.8, 4) is 5.75 Å². The highest BCUT2D eigenvalue weighted by atomic mass is 16.8. The van der Waals surface area contributed by atoms with Gasteiger partial charge in [-0.25, -0.2) is 4.99 Å². The van der Waals surface area contributed by atoms with Gasteiger partial charge in [0.25, 0.3) is 0 Å². The standard InChI is InChI=1S/C23H28N4O5/c1-5-24-21-18(14(3)4)25-13-27(21)22-20-19(17(30-22)11-12-26-28)31-23(32-20)15-7-9-16(10-8-15)29-6-2/h7-13,17,19-20,22-23H,5-6H2,1-4H3/t17?,19-,20-,22?,23?/m1/s1. The number of nitroso groups, excluding NO2 is 1. The minimum atomic E-state index is -0.568. The van der Waals surface area contributed by atoms with E-state index in [2.05, 4.69) is 15.2 Å². The largest absolute Gasteiger partial charge is 0.494 e. The first-order chi connectivity index (χ1) is 15.6. The molecule has 1 aromatic carbocycles. The monoisotopic (exact) mass is 440 g/mol. The molecule has 0 aliphatic carbocycles. The van der Waals surface area contributed by atoms with Crippen LogP contribution in [0.3, 0.4) is 0 Å². The molecule has 4 rings (SSSR count). The van der Waals surface area contributed by atoms with Crippen LogP contribution in [0.25, 0.3) is 0 Å². The molecule has 170 valence electrons. The van der Waals surface area contributed by atoms with Gasteiger partial charge >= 0.3 is 0 Å². The first kappa shape index (κ1) is 22.3. The molecule has 9 heteroatoms. The number of amidine groups is 1. The van der Waals surface area contributed by atoms with Gasteiger partial charge in [0.1, 0.15) is 29.8 Å². The zero-order valence-electron chi connectivity index (χ0n) is 18.7. The van der Waals surface area contributed by atoms with Gasteiger partial charge in [-0.2, -0.15) is 0 Å². The second-order valence-electron chi connectivity index (χ2n) is 7.77. The molecule has 1 aromatic rings. The van der Waals surface area contributed by atoms with Crippen molar-refractivity contribution in [3.63, 3.8) is 0 Å². The van der Waals surface area contributed by atoms with Crippen LogP contribution in [0.1, 0.15) is 39.5 Å². The Morgan fingerprint density at radius 1 is 1.16 bits per heavy atom. The number of benzene rings is 1. The third-order valence-corrected chi connectivity index (χ3v) is 5.41. The number of fused-ring (bicyclic) bond motifs is 1. The summed E-state index contributed by atoms with van der Waals surface area (Å²) in [6.45, 7) is 9.12. The minimum Gasteiger partial charge on any atom is -0.494 e. The fraction of sp³-hybridized carbons (Fsp3) is 0.478. The smallest absolute Gasteiger partial charge is 0.185 e. The van der Waals surface area contributed by atoms with E-state index in [-0.39, 0.29) is 0 Å². The molecular weight excluding hydrogens is 412 g/mol. The average molecular weight is 441 g/mol. The lowest BCUT2D eigenvalue weighted by molar-refractivity contribution is -0.138. The van der Waals surface area contributed by atoms with Crippen LogP contribution in [0.15, 0.2) is 63.0 Å². The second kappa shape index (κ2) is 9.72. The summed E-state index contributed by atoms with van der Waals surface area (Å²) >= 11 is 0. The summed E-state index contributed by atoms with van der Waals surface area (Å²) in [6.07, 6.45) is 2.08. The summed E-state index contributed by atoms with van der Waals surface area (Å²) in [4.78, 5) is 21.7. The molecule has 0 bridgehead atoms. The number of rotatable bonds is 7. The van der Waals surface area contributed by atoms with E-state index >= 15 is 0 Å². The molecule has 0 spiro atoms. The van der Waals surface area contributed by atoms with E-state index in [1.54, 1.807) is 12.4 Å². The molecule has 2 saturated heterocycles. The molecular formula is C23H28N4O5. The third kappa shape index (κ3) is 4.23. The Kier molecular flexibility index (Phi) is 6.78. The number of hydrogen-bond donors (Lipinski definition) is 0. The minimum absolute atomic E-state index is 0.415. The predicted molar refractivity (Wildman–Crippen MR) is 120 cm³/mol. The lowest BCUT2D eigenvalue weighted by atomic mass is 10.1. The normalized spacial score (nSPS) is 30.5. The van der Waals surface area contributed by atoms with Crippen LogP contribution in [0.5, 0.6) is 5.75 Å². The van der Waals surface area contributed by atoms with Gasteiger partial charge in [-0.1, -0.05) is 12.1 Å². The zero-order valence-corrected chi connectivity index (χ0v) is 18.7. The SMILES string of the molecule is CCN=C1C(=C(C)C)N=CN1C1OC(C=CN=O)[C@H]2OC(c3ccc(OCC)cc3)O[C@@H]12. The highest BCUT2D eigenvalue weighted by Crippen LogP contribution is 2.42. The molecule has 32 heavy (non-hydrogen) atoms. The molecule has 0 amide bonds. The van der Waals surface area contributed by atoms with Crippen LogP contribution in [-0.4, -0.2) is 54.8 Å². The van der Waals surface area contributed by atoms with Gasteiger partial charge in [-0.15, -0.1) is 4.91 Å². The van der Waals surface area contributed by atoms with Crippen LogP contribution in [0, 0.1) is 4.91 Å². The van der Waals surface area contributed by atoms with E-state index in [9.17, 15) is 4.91 Å². The molecule has 5 atom stereocenters. The zero-order chi connectivity index (χ0) is 22.7. The molecule has 0 radical (unpaired) electrons. The van der Waals surface area contributed by atoms with Crippen LogP contribution in [0.4, 0.5) is 0 Å². The Morgan fingerprint density at radius 2 is 1.91 bits per heavy atom. The first-order valence-corrected chi connectivity index (χ1v) is 10.8. The molecule has 3 aliphatic heterocycles. The Balaban J connectivity index is 1.60. The van der Waals surface area contributed by atoms with Crippen molar-refractivity contribution in [2.75, 3.05) is 13.2 Å². The summed E-state index contributed by atoms with van der Waals surface area (Å²) in [5.74, 6) is 1.53. The molecule has 9 nitrogen and oxygen atoms in total. The van der Waals surface area contributed by atoms with Gasteiger partial charge in [0.05, 0.1) is 19.1 Å². The van der Waals surface area contributed by atoms with Gasteiger partial charge in [-0.3, -0.25) is 9.89 Å². The molecule has 0 saturated carbocycles. The van der Waals surface area contributed by atoms with E-state index < -0.39 is 30.8 Å². The molecule has 0 aromatic heterocycles. The Bertz CT molecular complexity index is 952. The van der Waals surface area contributed by atoms with Crippen molar-refractivity contribution in [3.05, 3.63) is 58.3 Å². The molecule has 2 fully saturated rings. The number of hydrogen-bond acceptors (Lipinski definition) is 8. The van der Waals surface area contributed by atoms with Crippen LogP contribution >= 0.6 is 0 Å². The van der Waals surface area contributed by atoms with Crippen molar-refractivity contribution >= 4 is 12.2 Å². The fourth-order valence-electron chi connectivity index (χ4n) is 4.03. The Labute approximate surface area is 187 Å². The number of aliphatic imine (C=N–C) groups is 2. The number of allylic oxidation sites excluding steroid dienone is 1. The van der Waals surface area contributed by atoms with Gasteiger partial charge < -0.3 is 18.9 Å². The van der Waals surface area contributed by atoms with Crippen LogP contribution in [0.2, 0.25) is 0 Å². The van der Waals surface area contributed by atoms with Gasteiger partial charge in [0.15, 0.2) is 18.4 Å². The van der Waals surface area contributed by atoms with Gasteiger partial charge in [0.2, 0.25) is 0 Å². The highest BCUT2D eigenvalue weighted by Gasteiger charge is 2.55. The molecule has 3 heterocycles. The van der Waals surface area contributed by atoms with Gasteiger partial charge in [-0.05, 0) is 56.7 Å². The lowest BCUT2D eigenvalue weighted by Gasteiger charge is -2.27. The maximum absolute atomic E-state index is 10.7. The topological polar surface area (TPSA) is 94.3 Å². The van der Waals surface area contributed by atoms with Gasteiger partial charge in [0, 0.05) is 12.1 Å². The van der Waals surface area contributed by atoms with Crippen molar-refractivity contribution < 1.29 is 18.9 Å². The first-order valence-electron chi connectivity index (χ1n) is 10.8.